The summed E-state index contributed by atoms with van der Waals surface area (Å²) in [6, 6.07) is 8.13. The molecule has 0 aliphatic heterocycles. The topological polar surface area (TPSA) is 48.1 Å². The lowest BCUT2D eigenvalue weighted by molar-refractivity contribution is 0.388. The summed E-state index contributed by atoms with van der Waals surface area (Å²) in [5, 5.41) is 0. The minimum Gasteiger partial charge on any atom is -0.481 e. The number of nitrogens with two attached hydrogens (primary N) is 1. The number of ether oxygens (including phenoxy) is 1. The van der Waals surface area contributed by atoms with Gasteiger partial charge in [0.25, 0.3) is 0 Å². The van der Waals surface area contributed by atoms with Crippen molar-refractivity contribution < 1.29 is 4.74 Å². The van der Waals surface area contributed by atoms with Crippen molar-refractivity contribution in [2.45, 2.75) is 25.8 Å². The van der Waals surface area contributed by atoms with Crippen LogP contribution in [0.15, 0.2) is 30.5 Å². The van der Waals surface area contributed by atoms with E-state index in [1.54, 1.807) is 13.3 Å². The normalized spacial score (nSPS) is 12.4. The predicted octanol–water partition coefficient (Wildman–Crippen LogP) is 2.96. The van der Waals surface area contributed by atoms with Gasteiger partial charge in [-0.2, -0.15) is 0 Å². The van der Waals surface area contributed by atoms with Gasteiger partial charge in [-0.15, -0.1) is 11.3 Å². The first-order valence-electron chi connectivity index (χ1n) is 6.06. The Labute approximate surface area is 112 Å². The Morgan fingerprint density at radius 3 is 2.78 bits per heavy atom. The van der Waals surface area contributed by atoms with Gasteiger partial charge in [-0.1, -0.05) is 13.0 Å². The SMILES string of the molecule is CCc1ccc(CC(N)c2cccnc2OC)s1. The third kappa shape index (κ3) is 2.89. The smallest absolute Gasteiger partial charge is 0.217 e. The Bertz CT molecular complexity index is 510. The highest BCUT2D eigenvalue weighted by molar-refractivity contribution is 7.11. The largest absolute Gasteiger partial charge is 0.481 e. The summed E-state index contributed by atoms with van der Waals surface area (Å²) < 4.78 is 5.24. The van der Waals surface area contributed by atoms with Gasteiger partial charge in [0.2, 0.25) is 5.88 Å². The number of hydrogen-bond donors (Lipinski definition) is 1. The summed E-state index contributed by atoms with van der Waals surface area (Å²) in [6.45, 7) is 2.17. The molecule has 0 fully saturated rings. The lowest BCUT2D eigenvalue weighted by Gasteiger charge is -2.13. The summed E-state index contributed by atoms with van der Waals surface area (Å²) in [5.74, 6) is 0.622. The molecule has 4 heteroatoms. The van der Waals surface area contributed by atoms with Gasteiger partial charge in [-0.05, 0) is 24.6 Å². The highest BCUT2D eigenvalue weighted by Crippen LogP contribution is 2.26. The lowest BCUT2D eigenvalue weighted by atomic mass is 10.1. The molecule has 3 nitrogen and oxygen atoms in total. The van der Waals surface area contributed by atoms with Crippen molar-refractivity contribution in [3.05, 3.63) is 45.8 Å². The van der Waals surface area contributed by atoms with Crippen LogP contribution in [0.5, 0.6) is 5.88 Å². The maximum absolute atomic E-state index is 6.24. The van der Waals surface area contributed by atoms with Crippen LogP contribution in [0.2, 0.25) is 0 Å². The maximum Gasteiger partial charge on any atom is 0.217 e. The average molecular weight is 262 g/mol. The highest BCUT2D eigenvalue weighted by atomic mass is 32.1. The number of methoxy groups -OCH3 is 1. The molecular weight excluding hydrogens is 244 g/mol. The number of hydrogen-bond acceptors (Lipinski definition) is 4. The molecule has 0 aromatic carbocycles. The number of pyridine rings is 1. The standard InChI is InChI=1S/C14H18N2OS/c1-3-10-6-7-11(18-10)9-13(15)12-5-4-8-16-14(12)17-2/h4-8,13H,3,9,15H2,1-2H3. The van der Waals surface area contributed by atoms with Gasteiger partial charge in [-0.3, -0.25) is 0 Å². The molecule has 2 heterocycles. The summed E-state index contributed by atoms with van der Waals surface area (Å²) in [4.78, 5) is 6.89. The second-order valence-electron chi connectivity index (χ2n) is 4.13. The fraction of sp³-hybridized carbons (Fsp3) is 0.357. The molecule has 0 aliphatic rings. The minimum absolute atomic E-state index is 0.0722. The molecule has 0 spiro atoms. The van der Waals surface area contributed by atoms with Crippen LogP contribution in [0.1, 0.15) is 28.3 Å². The van der Waals surface area contributed by atoms with Gasteiger partial charge < -0.3 is 10.5 Å². The van der Waals surface area contributed by atoms with Crippen molar-refractivity contribution in [3.63, 3.8) is 0 Å². The van der Waals surface area contributed by atoms with Gasteiger partial charge in [0, 0.05) is 34.0 Å². The number of nitrogens with zero attached hydrogens (tertiary/aromatic N) is 1. The van der Waals surface area contributed by atoms with Crippen LogP contribution in [0.3, 0.4) is 0 Å². The first-order chi connectivity index (χ1) is 8.74. The molecule has 1 atom stereocenters. The van der Waals surface area contributed by atoms with E-state index in [0.717, 1.165) is 18.4 Å². The third-order valence-electron chi connectivity index (χ3n) is 2.88. The van der Waals surface area contributed by atoms with E-state index in [1.165, 1.54) is 9.75 Å². The van der Waals surface area contributed by atoms with Crippen molar-refractivity contribution in [3.8, 4) is 5.88 Å². The van der Waals surface area contributed by atoms with Crippen LogP contribution >= 0.6 is 11.3 Å². The van der Waals surface area contributed by atoms with Gasteiger partial charge in [-0.25, -0.2) is 4.98 Å². The zero-order chi connectivity index (χ0) is 13.0. The van der Waals surface area contributed by atoms with Crippen LogP contribution in [-0.2, 0) is 12.8 Å². The van der Waals surface area contributed by atoms with Gasteiger partial charge in [0.1, 0.15) is 0 Å². The minimum atomic E-state index is -0.0722. The monoisotopic (exact) mass is 262 g/mol. The zero-order valence-electron chi connectivity index (χ0n) is 10.7. The molecule has 1 unspecified atom stereocenters. The third-order valence-corrected chi connectivity index (χ3v) is 4.13. The number of aryl methyl sites for hydroxylation is 1. The zero-order valence-corrected chi connectivity index (χ0v) is 11.5. The van der Waals surface area contributed by atoms with E-state index in [9.17, 15) is 0 Å². The van der Waals surface area contributed by atoms with Gasteiger partial charge in [0.15, 0.2) is 0 Å². The molecule has 0 aliphatic carbocycles. The Morgan fingerprint density at radius 1 is 1.33 bits per heavy atom. The Balaban J connectivity index is 2.13. The first-order valence-corrected chi connectivity index (χ1v) is 6.88. The Hall–Kier alpha value is -1.39. The van der Waals surface area contributed by atoms with E-state index < -0.39 is 0 Å². The van der Waals surface area contributed by atoms with E-state index in [2.05, 4.69) is 24.0 Å². The fourth-order valence-corrected chi connectivity index (χ4v) is 2.92. The maximum atomic E-state index is 6.24. The first kappa shape index (κ1) is 13.1. The lowest BCUT2D eigenvalue weighted by Crippen LogP contribution is -2.14. The van der Waals surface area contributed by atoms with Crippen LogP contribution in [-0.4, -0.2) is 12.1 Å². The molecular formula is C14H18N2OS. The summed E-state index contributed by atoms with van der Waals surface area (Å²) in [5.41, 5.74) is 7.21. The Kier molecular flexibility index (Phi) is 4.33. The molecule has 2 aromatic heterocycles. The van der Waals surface area contributed by atoms with Crippen molar-refractivity contribution in [2.75, 3.05) is 7.11 Å². The van der Waals surface area contributed by atoms with Crippen molar-refractivity contribution >= 4 is 11.3 Å². The van der Waals surface area contributed by atoms with Gasteiger partial charge in [0.05, 0.1) is 7.11 Å². The summed E-state index contributed by atoms with van der Waals surface area (Å²) >= 11 is 1.83. The van der Waals surface area contributed by atoms with Crippen LogP contribution in [0, 0.1) is 0 Å². The molecule has 0 radical (unpaired) electrons. The van der Waals surface area contributed by atoms with E-state index in [4.69, 9.17) is 10.5 Å². The van der Waals surface area contributed by atoms with E-state index >= 15 is 0 Å². The molecule has 96 valence electrons. The number of thiophene rings is 1. The molecule has 2 aromatic rings. The van der Waals surface area contributed by atoms with E-state index in [0.29, 0.717) is 5.88 Å². The number of aromatic nitrogens is 1. The summed E-state index contributed by atoms with van der Waals surface area (Å²) in [7, 11) is 1.62. The molecule has 0 saturated heterocycles. The van der Waals surface area contributed by atoms with E-state index in [1.807, 2.05) is 23.5 Å². The molecule has 2 N–H and O–H groups in total. The number of rotatable bonds is 5. The average Bonchev–Trinajstić information content (AvgIpc) is 2.86. The van der Waals surface area contributed by atoms with E-state index in [-0.39, 0.29) is 6.04 Å². The van der Waals surface area contributed by atoms with Crippen molar-refractivity contribution in [1.82, 2.24) is 4.98 Å². The fourth-order valence-electron chi connectivity index (χ4n) is 1.90. The Morgan fingerprint density at radius 2 is 2.11 bits per heavy atom. The van der Waals surface area contributed by atoms with Crippen molar-refractivity contribution in [1.29, 1.82) is 0 Å². The second kappa shape index (κ2) is 5.98. The predicted molar refractivity (Wildman–Crippen MR) is 75.1 cm³/mol. The molecule has 0 bridgehead atoms. The van der Waals surface area contributed by atoms with Crippen LogP contribution in [0.4, 0.5) is 0 Å². The second-order valence-corrected chi connectivity index (χ2v) is 5.39. The molecule has 2 rings (SSSR count). The van der Waals surface area contributed by atoms with Crippen molar-refractivity contribution in [2.24, 2.45) is 5.73 Å². The molecule has 0 amide bonds. The van der Waals surface area contributed by atoms with Crippen LogP contribution < -0.4 is 10.5 Å². The highest BCUT2D eigenvalue weighted by Gasteiger charge is 2.14. The molecule has 0 saturated carbocycles. The quantitative estimate of drug-likeness (QED) is 0.901. The van der Waals surface area contributed by atoms with Crippen LogP contribution in [0.25, 0.3) is 0 Å². The van der Waals surface area contributed by atoms with Gasteiger partial charge >= 0.3 is 0 Å². The summed E-state index contributed by atoms with van der Waals surface area (Å²) in [6.07, 6.45) is 3.62. The molecule has 18 heavy (non-hydrogen) atoms.